The van der Waals surface area contributed by atoms with Crippen molar-refractivity contribution in [3.05, 3.63) is 29.3 Å². The SMILES string of the molecule is Cc1ccc(C)c(S(=O)(=O)NC(C)CC(C)Cl)c1. The van der Waals surface area contributed by atoms with Crippen molar-refractivity contribution in [3.8, 4) is 0 Å². The molecule has 2 atom stereocenters. The van der Waals surface area contributed by atoms with Gasteiger partial charge in [0.05, 0.1) is 4.90 Å². The van der Waals surface area contributed by atoms with E-state index in [-0.39, 0.29) is 11.4 Å². The van der Waals surface area contributed by atoms with Gasteiger partial charge in [-0.1, -0.05) is 12.1 Å². The molecule has 0 aliphatic heterocycles. The maximum atomic E-state index is 12.2. The molecule has 1 rings (SSSR count). The van der Waals surface area contributed by atoms with Crippen molar-refractivity contribution in [1.82, 2.24) is 4.72 Å². The number of aryl methyl sites for hydroxylation is 2. The van der Waals surface area contributed by atoms with Gasteiger partial charge in [-0.2, -0.15) is 0 Å². The van der Waals surface area contributed by atoms with Crippen LogP contribution in [0.2, 0.25) is 0 Å². The predicted molar refractivity (Wildman–Crippen MR) is 75.6 cm³/mol. The van der Waals surface area contributed by atoms with Gasteiger partial charge in [0.2, 0.25) is 10.0 Å². The lowest BCUT2D eigenvalue weighted by atomic mass is 10.2. The van der Waals surface area contributed by atoms with Crippen LogP contribution >= 0.6 is 11.6 Å². The summed E-state index contributed by atoms with van der Waals surface area (Å²) in [5.41, 5.74) is 1.68. The van der Waals surface area contributed by atoms with Crippen LogP contribution in [0.1, 0.15) is 31.4 Å². The van der Waals surface area contributed by atoms with Crippen LogP contribution in [0.25, 0.3) is 0 Å². The molecule has 0 fully saturated rings. The highest BCUT2D eigenvalue weighted by Crippen LogP contribution is 2.17. The third-order valence-corrected chi connectivity index (χ3v) is 4.58. The Bertz CT molecular complexity index is 512. The third-order valence-electron chi connectivity index (χ3n) is 2.67. The molecule has 0 bridgehead atoms. The number of benzene rings is 1. The molecule has 102 valence electrons. The fourth-order valence-electron chi connectivity index (χ4n) is 1.86. The van der Waals surface area contributed by atoms with Gasteiger partial charge in [-0.05, 0) is 51.3 Å². The molecule has 3 nitrogen and oxygen atoms in total. The van der Waals surface area contributed by atoms with E-state index in [0.29, 0.717) is 11.3 Å². The van der Waals surface area contributed by atoms with E-state index in [4.69, 9.17) is 11.6 Å². The Morgan fingerprint density at radius 1 is 1.28 bits per heavy atom. The third kappa shape index (κ3) is 4.26. The van der Waals surface area contributed by atoms with E-state index in [2.05, 4.69) is 4.72 Å². The average molecular weight is 290 g/mol. The van der Waals surface area contributed by atoms with E-state index >= 15 is 0 Å². The van der Waals surface area contributed by atoms with Crippen molar-refractivity contribution >= 4 is 21.6 Å². The molecule has 1 aromatic carbocycles. The lowest BCUT2D eigenvalue weighted by Gasteiger charge is -2.16. The minimum absolute atomic E-state index is 0.0543. The number of sulfonamides is 1. The van der Waals surface area contributed by atoms with Crippen LogP contribution in [0, 0.1) is 13.8 Å². The zero-order chi connectivity index (χ0) is 13.9. The minimum Gasteiger partial charge on any atom is -0.208 e. The van der Waals surface area contributed by atoms with Crippen molar-refractivity contribution in [2.24, 2.45) is 0 Å². The van der Waals surface area contributed by atoms with Crippen LogP contribution < -0.4 is 4.72 Å². The van der Waals surface area contributed by atoms with Gasteiger partial charge < -0.3 is 0 Å². The first-order valence-electron chi connectivity index (χ1n) is 5.96. The van der Waals surface area contributed by atoms with Crippen LogP contribution in [0.4, 0.5) is 0 Å². The van der Waals surface area contributed by atoms with E-state index in [9.17, 15) is 8.42 Å². The molecule has 0 saturated heterocycles. The highest BCUT2D eigenvalue weighted by Gasteiger charge is 2.20. The molecule has 0 aliphatic rings. The summed E-state index contributed by atoms with van der Waals surface area (Å²) >= 11 is 5.87. The van der Waals surface area contributed by atoms with Crippen molar-refractivity contribution in [3.63, 3.8) is 0 Å². The Balaban J connectivity index is 2.96. The molecule has 2 unspecified atom stereocenters. The molecule has 0 amide bonds. The highest BCUT2D eigenvalue weighted by atomic mass is 35.5. The van der Waals surface area contributed by atoms with Crippen molar-refractivity contribution in [2.45, 2.75) is 50.4 Å². The summed E-state index contributed by atoms with van der Waals surface area (Å²) in [6.45, 7) is 7.34. The average Bonchev–Trinajstić information content (AvgIpc) is 2.19. The second kappa shape index (κ2) is 6.04. The molecule has 0 aliphatic carbocycles. The molecule has 0 heterocycles. The number of hydrogen-bond acceptors (Lipinski definition) is 2. The number of rotatable bonds is 5. The molecule has 5 heteroatoms. The summed E-state index contributed by atoms with van der Waals surface area (Å²) in [6.07, 6.45) is 0.603. The van der Waals surface area contributed by atoms with Gasteiger partial charge in [0, 0.05) is 11.4 Å². The summed E-state index contributed by atoms with van der Waals surface area (Å²) < 4.78 is 27.1. The van der Waals surface area contributed by atoms with Crippen LogP contribution in [0.5, 0.6) is 0 Å². The second-order valence-electron chi connectivity index (χ2n) is 4.81. The molecule has 1 N–H and O–H groups in total. The molecule has 0 aromatic heterocycles. The maximum Gasteiger partial charge on any atom is 0.241 e. The molecule has 0 radical (unpaired) electrons. The Kier molecular flexibility index (Phi) is 5.20. The Hall–Kier alpha value is -0.580. The minimum atomic E-state index is -3.47. The summed E-state index contributed by atoms with van der Waals surface area (Å²) in [7, 11) is -3.47. The van der Waals surface area contributed by atoms with Crippen LogP contribution in [-0.4, -0.2) is 19.8 Å². The van der Waals surface area contributed by atoms with Crippen molar-refractivity contribution in [2.75, 3.05) is 0 Å². The summed E-state index contributed by atoms with van der Waals surface area (Å²) in [6, 6.07) is 5.23. The Morgan fingerprint density at radius 3 is 2.44 bits per heavy atom. The van der Waals surface area contributed by atoms with E-state index < -0.39 is 10.0 Å². The predicted octanol–water partition coefficient (Wildman–Crippen LogP) is 2.99. The first kappa shape index (κ1) is 15.5. The topological polar surface area (TPSA) is 46.2 Å². The monoisotopic (exact) mass is 289 g/mol. The van der Waals surface area contributed by atoms with Gasteiger partial charge in [0.1, 0.15) is 0 Å². The molecule has 18 heavy (non-hydrogen) atoms. The van der Waals surface area contributed by atoms with Crippen molar-refractivity contribution in [1.29, 1.82) is 0 Å². The molecule has 0 saturated carbocycles. The Morgan fingerprint density at radius 2 is 1.89 bits per heavy atom. The largest absolute Gasteiger partial charge is 0.241 e. The van der Waals surface area contributed by atoms with Crippen LogP contribution in [0.15, 0.2) is 23.1 Å². The second-order valence-corrected chi connectivity index (χ2v) is 7.24. The normalized spacial score (nSPS) is 15.4. The smallest absolute Gasteiger partial charge is 0.208 e. The number of hydrogen-bond donors (Lipinski definition) is 1. The first-order chi connectivity index (χ1) is 8.22. The molecular weight excluding hydrogens is 270 g/mol. The molecule has 0 spiro atoms. The quantitative estimate of drug-likeness (QED) is 0.847. The Labute approximate surface area is 115 Å². The fraction of sp³-hybridized carbons (Fsp3) is 0.538. The standard InChI is InChI=1S/C13H20ClNO2S/c1-9-5-6-10(2)13(7-9)18(16,17)15-12(4)8-11(3)14/h5-7,11-12,15H,8H2,1-4H3. The van der Waals surface area contributed by atoms with E-state index in [1.54, 1.807) is 13.0 Å². The van der Waals surface area contributed by atoms with E-state index in [0.717, 1.165) is 11.1 Å². The van der Waals surface area contributed by atoms with E-state index in [1.165, 1.54) is 0 Å². The lowest BCUT2D eigenvalue weighted by molar-refractivity contribution is 0.545. The molecule has 1 aromatic rings. The van der Waals surface area contributed by atoms with Gasteiger partial charge in [0.25, 0.3) is 0 Å². The van der Waals surface area contributed by atoms with Crippen LogP contribution in [-0.2, 0) is 10.0 Å². The zero-order valence-electron chi connectivity index (χ0n) is 11.2. The van der Waals surface area contributed by atoms with Crippen molar-refractivity contribution < 1.29 is 8.42 Å². The fourth-order valence-corrected chi connectivity index (χ4v) is 3.71. The van der Waals surface area contributed by atoms with Gasteiger partial charge >= 0.3 is 0 Å². The highest BCUT2D eigenvalue weighted by molar-refractivity contribution is 7.89. The zero-order valence-corrected chi connectivity index (χ0v) is 12.8. The number of halogens is 1. The van der Waals surface area contributed by atoms with Crippen LogP contribution in [0.3, 0.4) is 0 Å². The summed E-state index contributed by atoms with van der Waals surface area (Å²) in [5.74, 6) is 0. The first-order valence-corrected chi connectivity index (χ1v) is 7.88. The lowest BCUT2D eigenvalue weighted by Crippen LogP contribution is -2.34. The summed E-state index contributed by atoms with van der Waals surface area (Å²) in [5, 5.41) is -0.0543. The molecular formula is C13H20ClNO2S. The van der Waals surface area contributed by atoms with Gasteiger partial charge in [-0.15, -0.1) is 11.6 Å². The van der Waals surface area contributed by atoms with E-state index in [1.807, 2.05) is 32.9 Å². The number of alkyl halides is 1. The van der Waals surface area contributed by atoms with Gasteiger partial charge in [-0.3, -0.25) is 0 Å². The number of nitrogens with one attached hydrogen (secondary N) is 1. The van der Waals surface area contributed by atoms with Gasteiger partial charge in [0.15, 0.2) is 0 Å². The maximum absolute atomic E-state index is 12.2. The van der Waals surface area contributed by atoms with Gasteiger partial charge in [-0.25, -0.2) is 13.1 Å². The summed E-state index contributed by atoms with van der Waals surface area (Å²) in [4.78, 5) is 0.344.